The van der Waals surface area contributed by atoms with Crippen LogP contribution in [0.2, 0.25) is 0 Å². The van der Waals surface area contributed by atoms with Crippen LogP contribution in [0.5, 0.6) is 0 Å². The summed E-state index contributed by atoms with van der Waals surface area (Å²) in [4.78, 5) is 27.1. The van der Waals surface area contributed by atoms with Crippen LogP contribution in [0.4, 0.5) is 0 Å². The standard InChI is InChI=1S/C12H11NO2S/c1-8(14)12(2)11(15)13-10(16-12)9-6-4-3-5-7-9/h3-7H,1-2H3/t12-/m0/s1. The summed E-state index contributed by atoms with van der Waals surface area (Å²) in [5.41, 5.74) is 0.880. The first-order valence-electron chi connectivity index (χ1n) is 4.92. The van der Waals surface area contributed by atoms with E-state index in [1.54, 1.807) is 6.92 Å². The molecule has 82 valence electrons. The Balaban J connectivity index is 2.34. The molecule has 1 atom stereocenters. The third kappa shape index (κ3) is 1.69. The van der Waals surface area contributed by atoms with Crippen molar-refractivity contribution in [3.05, 3.63) is 35.9 Å². The minimum absolute atomic E-state index is 0.155. The Hall–Kier alpha value is -1.42. The van der Waals surface area contributed by atoms with E-state index < -0.39 is 4.75 Å². The van der Waals surface area contributed by atoms with Gasteiger partial charge >= 0.3 is 0 Å². The predicted molar refractivity (Wildman–Crippen MR) is 64.7 cm³/mol. The average Bonchev–Trinajstić information content (AvgIpc) is 2.58. The van der Waals surface area contributed by atoms with Gasteiger partial charge < -0.3 is 0 Å². The molecule has 0 aliphatic carbocycles. The van der Waals surface area contributed by atoms with Gasteiger partial charge in [0.15, 0.2) is 10.5 Å². The molecule has 0 radical (unpaired) electrons. The van der Waals surface area contributed by atoms with E-state index in [2.05, 4.69) is 4.99 Å². The Kier molecular flexibility index (Phi) is 2.68. The van der Waals surface area contributed by atoms with Gasteiger partial charge in [-0.2, -0.15) is 0 Å². The van der Waals surface area contributed by atoms with E-state index in [0.717, 1.165) is 5.56 Å². The molecule has 0 aromatic heterocycles. The van der Waals surface area contributed by atoms with Crippen molar-refractivity contribution in [2.45, 2.75) is 18.6 Å². The molecule has 0 spiro atoms. The number of aliphatic imine (C=N–C) groups is 1. The maximum atomic E-state index is 11.7. The number of Topliss-reactive ketones (excluding diaryl/α,β-unsaturated/α-hetero) is 1. The summed E-state index contributed by atoms with van der Waals surface area (Å²) in [6.45, 7) is 3.05. The summed E-state index contributed by atoms with van der Waals surface area (Å²) in [6, 6.07) is 9.42. The number of carbonyl (C=O) groups is 2. The van der Waals surface area contributed by atoms with Gasteiger partial charge in [-0.1, -0.05) is 42.1 Å². The minimum atomic E-state index is -1.04. The molecule has 1 amide bonds. The first-order valence-corrected chi connectivity index (χ1v) is 5.74. The van der Waals surface area contributed by atoms with Crippen LogP contribution in [0.15, 0.2) is 35.3 Å². The fourth-order valence-corrected chi connectivity index (χ4v) is 2.43. The Bertz CT molecular complexity index is 481. The van der Waals surface area contributed by atoms with Gasteiger partial charge in [0.25, 0.3) is 5.91 Å². The van der Waals surface area contributed by atoms with E-state index in [1.165, 1.54) is 18.7 Å². The van der Waals surface area contributed by atoms with Crippen LogP contribution >= 0.6 is 11.8 Å². The van der Waals surface area contributed by atoms with E-state index >= 15 is 0 Å². The maximum absolute atomic E-state index is 11.7. The van der Waals surface area contributed by atoms with Crippen LogP contribution in [0.3, 0.4) is 0 Å². The third-order valence-electron chi connectivity index (χ3n) is 2.60. The maximum Gasteiger partial charge on any atom is 0.270 e. The summed E-state index contributed by atoms with van der Waals surface area (Å²) in [5.74, 6) is -0.513. The highest BCUT2D eigenvalue weighted by atomic mass is 32.2. The molecular weight excluding hydrogens is 222 g/mol. The molecule has 0 N–H and O–H groups in total. The molecule has 0 saturated carbocycles. The number of hydrogen-bond donors (Lipinski definition) is 0. The van der Waals surface area contributed by atoms with Crippen molar-refractivity contribution < 1.29 is 9.59 Å². The number of benzene rings is 1. The second-order valence-electron chi connectivity index (χ2n) is 3.78. The summed E-state index contributed by atoms with van der Waals surface area (Å²) >= 11 is 1.23. The van der Waals surface area contributed by atoms with E-state index in [-0.39, 0.29) is 11.7 Å². The first-order chi connectivity index (χ1) is 7.54. The quantitative estimate of drug-likeness (QED) is 0.734. The van der Waals surface area contributed by atoms with Crippen molar-refractivity contribution in [3.63, 3.8) is 0 Å². The van der Waals surface area contributed by atoms with Gasteiger partial charge in [0, 0.05) is 5.56 Å². The van der Waals surface area contributed by atoms with Gasteiger partial charge in [0.2, 0.25) is 0 Å². The fraction of sp³-hybridized carbons (Fsp3) is 0.250. The lowest BCUT2D eigenvalue weighted by Crippen LogP contribution is -2.35. The zero-order valence-electron chi connectivity index (χ0n) is 9.06. The predicted octanol–water partition coefficient (Wildman–Crippen LogP) is 2.05. The summed E-state index contributed by atoms with van der Waals surface area (Å²) in [5, 5.41) is 0.628. The van der Waals surface area contributed by atoms with Gasteiger partial charge in [-0.25, -0.2) is 4.99 Å². The van der Waals surface area contributed by atoms with Gasteiger partial charge in [0.1, 0.15) is 5.04 Å². The fourth-order valence-electron chi connectivity index (χ4n) is 1.39. The van der Waals surface area contributed by atoms with E-state index in [1.807, 2.05) is 30.3 Å². The first kappa shape index (κ1) is 11.1. The molecule has 0 fully saturated rings. The normalized spacial score (nSPS) is 24.4. The number of hydrogen-bond acceptors (Lipinski definition) is 3. The molecule has 0 saturated heterocycles. The highest BCUT2D eigenvalue weighted by Crippen LogP contribution is 2.36. The van der Waals surface area contributed by atoms with Crippen LogP contribution in [-0.2, 0) is 9.59 Å². The number of carbonyl (C=O) groups excluding carboxylic acids is 2. The Morgan fingerprint density at radius 3 is 2.44 bits per heavy atom. The van der Waals surface area contributed by atoms with Crippen LogP contribution in [-0.4, -0.2) is 21.5 Å². The molecule has 1 heterocycles. The van der Waals surface area contributed by atoms with Crippen molar-refractivity contribution in [1.82, 2.24) is 0 Å². The van der Waals surface area contributed by atoms with E-state index in [9.17, 15) is 9.59 Å². The summed E-state index contributed by atoms with van der Waals surface area (Å²) in [6.07, 6.45) is 0. The van der Waals surface area contributed by atoms with Gasteiger partial charge in [-0.15, -0.1) is 0 Å². The van der Waals surface area contributed by atoms with Crippen LogP contribution < -0.4 is 0 Å². The lowest BCUT2D eigenvalue weighted by molar-refractivity contribution is -0.127. The van der Waals surface area contributed by atoms with Crippen molar-refractivity contribution in [3.8, 4) is 0 Å². The molecule has 1 aromatic carbocycles. The zero-order chi connectivity index (χ0) is 11.8. The second-order valence-corrected chi connectivity index (χ2v) is 5.19. The van der Waals surface area contributed by atoms with E-state index in [0.29, 0.717) is 5.04 Å². The SMILES string of the molecule is CC(=O)[C@]1(C)SC(c2ccccc2)=NC1=O. The number of rotatable bonds is 2. The number of nitrogens with zero attached hydrogens (tertiary/aromatic N) is 1. The van der Waals surface area contributed by atoms with Crippen molar-refractivity contribution in [2.75, 3.05) is 0 Å². The van der Waals surface area contributed by atoms with Gasteiger partial charge in [-0.3, -0.25) is 9.59 Å². The monoisotopic (exact) mass is 233 g/mol. The molecule has 1 aromatic rings. The number of ketones is 1. The second kappa shape index (κ2) is 3.87. The largest absolute Gasteiger partial charge is 0.298 e. The molecular formula is C12H11NO2S. The highest BCUT2D eigenvalue weighted by Gasteiger charge is 2.45. The molecule has 2 rings (SSSR count). The smallest absolute Gasteiger partial charge is 0.270 e. The van der Waals surface area contributed by atoms with Gasteiger partial charge in [-0.05, 0) is 13.8 Å². The zero-order valence-corrected chi connectivity index (χ0v) is 9.88. The molecule has 0 bridgehead atoms. The lowest BCUT2D eigenvalue weighted by Gasteiger charge is -2.15. The summed E-state index contributed by atoms with van der Waals surface area (Å²) < 4.78 is -1.04. The van der Waals surface area contributed by atoms with Crippen LogP contribution in [0.25, 0.3) is 0 Å². The van der Waals surface area contributed by atoms with Crippen molar-refractivity contribution in [2.24, 2.45) is 4.99 Å². The molecule has 4 heteroatoms. The third-order valence-corrected chi connectivity index (χ3v) is 4.00. The van der Waals surface area contributed by atoms with Crippen LogP contribution in [0, 0.1) is 0 Å². The van der Waals surface area contributed by atoms with Crippen molar-refractivity contribution >= 4 is 28.5 Å². The van der Waals surface area contributed by atoms with Crippen LogP contribution in [0.1, 0.15) is 19.4 Å². The minimum Gasteiger partial charge on any atom is -0.298 e. The molecule has 16 heavy (non-hydrogen) atoms. The van der Waals surface area contributed by atoms with Crippen molar-refractivity contribution in [1.29, 1.82) is 0 Å². The van der Waals surface area contributed by atoms with Gasteiger partial charge in [0.05, 0.1) is 0 Å². The lowest BCUT2D eigenvalue weighted by atomic mass is 10.1. The molecule has 1 aliphatic heterocycles. The van der Waals surface area contributed by atoms with E-state index in [4.69, 9.17) is 0 Å². The Labute approximate surface area is 98.0 Å². The molecule has 1 aliphatic rings. The average molecular weight is 233 g/mol. The highest BCUT2D eigenvalue weighted by molar-refractivity contribution is 8.17. The topological polar surface area (TPSA) is 46.5 Å². The number of thioether (sulfide) groups is 1. The number of amides is 1. The molecule has 0 unspecified atom stereocenters. The Morgan fingerprint density at radius 2 is 1.94 bits per heavy atom. The molecule has 3 nitrogen and oxygen atoms in total. The summed E-state index contributed by atoms with van der Waals surface area (Å²) in [7, 11) is 0. The Morgan fingerprint density at radius 1 is 1.31 bits per heavy atom.